The smallest absolute Gasteiger partial charge is 0.158 e. The minimum absolute atomic E-state index is 0.144. The van der Waals surface area contributed by atoms with Gasteiger partial charge in [-0.1, -0.05) is 27.7 Å². The van der Waals surface area contributed by atoms with Crippen molar-refractivity contribution < 1.29 is 4.39 Å². The standard InChI is InChI=1S/C27H35FN6/c1-14(2)22-23-21(33-26(22)20-12-34-27(30-13-31-34)17(6)16(20)5)11-29-25(24(23)28)18-7-9-19(10-8-18)32-15(3)4/h11-15,18-19,32-33H,7-10H2,1-6H3. The number of nitrogens with zero attached hydrogens (tertiary/aromatic N) is 4. The lowest BCUT2D eigenvalue weighted by atomic mass is 9.83. The first-order valence-electron chi connectivity index (χ1n) is 12.5. The molecule has 0 unspecified atom stereocenters. The van der Waals surface area contributed by atoms with Gasteiger partial charge in [-0.25, -0.2) is 13.9 Å². The normalized spacial score (nSPS) is 19.2. The number of aryl methyl sites for hydroxylation is 1. The first-order chi connectivity index (χ1) is 16.3. The molecule has 0 aromatic carbocycles. The molecule has 1 aliphatic carbocycles. The summed E-state index contributed by atoms with van der Waals surface area (Å²) >= 11 is 0. The maximum Gasteiger partial charge on any atom is 0.158 e. The average molecular weight is 463 g/mol. The van der Waals surface area contributed by atoms with Crippen molar-refractivity contribution in [3.63, 3.8) is 0 Å². The minimum Gasteiger partial charge on any atom is -0.353 e. The van der Waals surface area contributed by atoms with Gasteiger partial charge in [0.05, 0.1) is 23.1 Å². The quantitative estimate of drug-likeness (QED) is 0.372. The predicted octanol–water partition coefficient (Wildman–Crippen LogP) is 6.18. The second-order valence-electron chi connectivity index (χ2n) is 10.5. The van der Waals surface area contributed by atoms with Crippen LogP contribution in [-0.4, -0.2) is 36.6 Å². The number of nitrogens with one attached hydrogen (secondary N) is 2. The molecule has 34 heavy (non-hydrogen) atoms. The lowest BCUT2D eigenvalue weighted by Gasteiger charge is -2.30. The van der Waals surface area contributed by atoms with Gasteiger partial charge in [0.1, 0.15) is 6.33 Å². The third-order valence-corrected chi connectivity index (χ3v) is 7.50. The Kier molecular flexibility index (Phi) is 5.92. The molecule has 1 saturated carbocycles. The van der Waals surface area contributed by atoms with Crippen LogP contribution in [0.25, 0.3) is 27.8 Å². The summed E-state index contributed by atoms with van der Waals surface area (Å²) < 4.78 is 18.0. The zero-order chi connectivity index (χ0) is 24.1. The number of rotatable bonds is 5. The topological polar surface area (TPSA) is 70.9 Å². The SMILES string of the molecule is Cc1c(-c2[nH]c3cnc(C4CCC(NC(C)C)CC4)c(F)c3c2C(C)C)cn2ncnc2c1C. The largest absolute Gasteiger partial charge is 0.353 e. The third kappa shape index (κ3) is 3.80. The van der Waals surface area contributed by atoms with Gasteiger partial charge in [0, 0.05) is 35.1 Å². The highest BCUT2D eigenvalue weighted by molar-refractivity contribution is 5.92. The molecule has 0 atom stereocenters. The highest BCUT2D eigenvalue weighted by Gasteiger charge is 2.29. The molecule has 4 aromatic rings. The van der Waals surface area contributed by atoms with Crippen LogP contribution in [0.3, 0.4) is 0 Å². The zero-order valence-electron chi connectivity index (χ0n) is 21.0. The maximum absolute atomic E-state index is 16.2. The number of H-pyrrole nitrogens is 1. The van der Waals surface area contributed by atoms with Gasteiger partial charge in [0.2, 0.25) is 0 Å². The summed E-state index contributed by atoms with van der Waals surface area (Å²) in [5.74, 6) is 0.161. The van der Waals surface area contributed by atoms with Crippen molar-refractivity contribution in [2.45, 2.75) is 91.1 Å². The highest BCUT2D eigenvalue weighted by atomic mass is 19.1. The van der Waals surface area contributed by atoms with Crippen molar-refractivity contribution in [1.29, 1.82) is 0 Å². The summed E-state index contributed by atoms with van der Waals surface area (Å²) in [6, 6.07) is 0.995. The van der Waals surface area contributed by atoms with Gasteiger partial charge in [-0.3, -0.25) is 4.98 Å². The van der Waals surface area contributed by atoms with Crippen LogP contribution in [0.5, 0.6) is 0 Å². The van der Waals surface area contributed by atoms with Gasteiger partial charge >= 0.3 is 0 Å². The first-order valence-corrected chi connectivity index (χ1v) is 12.5. The van der Waals surface area contributed by atoms with Crippen molar-refractivity contribution in [1.82, 2.24) is 29.9 Å². The number of fused-ring (bicyclic) bond motifs is 2. The van der Waals surface area contributed by atoms with Crippen LogP contribution in [0.1, 0.15) is 87.6 Å². The van der Waals surface area contributed by atoms with E-state index >= 15 is 4.39 Å². The Morgan fingerprint density at radius 3 is 2.47 bits per heavy atom. The van der Waals surface area contributed by atoms with Gasteiger partial charge in [-0.15, -0.1) is 0 Å². The molecule has 0 radical (unpaired) electrons. The fraction of sp³-hybridized carbons (Fsp3) is 0.519. The fourth-order valence-corrected chi connectivity index (χ4v) is 5.72. The predicted molar refractivity (Wildman–Crippen MR) is 135 cm³/mol. The Labute approximate surface area is 200 Å². The monoisotopic (exact) mass is 462 g/mol. The Morgan fingerprint density at radius 2 is 1.79 bits per heavy atom. The number of aromatic amines is 1. The lowest BCUT2D eigenvalue weighted by molar-refractivity contribution is 0.319. The van der Waals surface area contributed by atoms with E-state index in [1.165, 1.54) is 0 Å². The first kappa shape index (κ1) is 23.0. The highest BCUT2D eigenvalue weighted by Crippen LogP contribution is 2.41. The summed E-state index contributed by atoms with van der Waals surface area (Å²) in [5, 5.41) is 8.67. The molecule has 6 nitrogen and oxygen atoms in total. The van der Waals surface area contributed by atoms with E-state index < -0.39 is 0 Å². The van der Waals surface area contributed by atoms with Crippen LogP contribution in [0.15, 0.2) is 18.7 Å². The number of hydrogen-bond acceptors (Lipinski definition) is 4. The third-order valence-electron chi connectivity index (χ3n) is 7.50. The van der Waals surface area contributed by atoms with E-state index in [0.717, 1.165) is 64.8 Å². The zero-order valence-corrected chi connectivity index (χ0v) is 21.0. The van der Waals surface area contributed by atoms with Gasteiger partial charge in [-0.2, -0.15) is 5.10 Å². The Morgan fingerprint density at radius 1 is 1.06 bits per heavy atom. The van der Waals surface area contributed by atoms with E-state index in [-0.39, 0.29) is 17.7 Å². The molecule has 2 N–H and O–H groups in total. The summed E-state index contributed by atoms with van der Waals surface area (Å²) in [7, 11) is 0. The van der Waals surface area contributed by atoms with Crippen LogP contribution >= 0.6 is 0 Å². The number of halogens is 1. The van der Waals surface area contributed by atoms with Crippen molar-refractivity contribution in [2.24, 2.45) is 0 Å². The molecule has 0 spiro atoms. The molecule has 0 bridgehead atoms. The summed E-state index contributed by atoms with van der Waals surface area (Å²) in [4.78, 5) is 12.5. The second kappa shape index (κ2) is 8.77. The van der Waals surface area contributed by atoms with Crippen LogP contribution < -0.4 is 5.32 Å². The van der Waals surface area contributed by atoms with E-state index in [4.69, 9.17) is 0 Å². The van der Waals surface area contributed by atoms with Gasteiger partial charge in [-0.05, 0) is 62.1 Å². The molecule has 1 aliphatic rings. The van der Waals surface area contributed by atoms with Crippen LogP contribution in [0.4, 0.5) is 4.39 Å². The molecule has 0 amide bonds. The van der Waals surface area contributed by atoms with Crippen LogP contribution in [-0.2, 0) is 0 Å². The van der Waals surface area contributed by atoms with Gasteiger partial charge in [0.15, 0.2) is 11.5 Å². The minimum atomic E-state index is -0.153. The molecular weight excluding hydrogens is 427 g/mol. The Hall–Kier alpha value is -2.80. The molecule has 1 fully saturated rings. The van der Waals surface area contributed by atoms with Crippen LogP contribution in [0, 0.1) is 19.7 Å². The summed E-state index contributed by atoms with van der Waals surface area (Å²) in [5.41, 5.74) is 7.41. The molecule has 0 saturated heterocycles. The fourth-order valence-electron chi connectivity index (χ4n) is 5.72. The van der Waals surface area contributed by atoms with E-state index in [2.05, 4.69) is 66.9 Å². The van der Waals surface area contributed by atoms with E-state index in [1.807, 2.05) is 12.4 Å². The van der Waals surface area contributed by atoms with Crippen molar-refractivity contribution in [3.8, 4) is 11.3 Å². The molecular formula is C27H35FN6. The van der Waals surface area contributed by atoms with Gasteiger partial charge in [0.25, 0.3) is 0 Å². The van der Waals surface area contributed by atoms with Gasteiger partial charge < -0.3 is 10.3 Å². The molecule has 7 heteroatoms. The average Bonchev–Trinajstić information content (AvgIpc) is 3.42. The second-order valence-corrected chi connectivity index (χ2v) is 10.5. The van der Waals surface area contributed by atoms with Crippen molar-refractivity contribution in [2.75, 3.05) is 0 Å². The number of hydrogen-bond donors (Lipinski definition) is 2. The summed E-state index contributed by atoms with van der Waals surface area (Å²) in [6.07, 6.45) is 9.46. The summed E-state index contributed by atoms with van der Waals surface area (Å²) in [6.45, 7) is 12.8. The molecule has 180 valence electrons. The Bertz CT molecular complexity index is 1340. The Balaban J connectivity index is 1.60. The molecule has 4 aromatic heterocycles. The lowest BCUT2D eigenvalue weighted by Crippen LogP contribution is -2.37. The van der Waals surface area contributed by atoms with Crippen molar-refractivity contribution >= 4 is 16.6 Å². The maximum atomic E-state index is 16.2. The van der Waals surface area contributed by atoms with E-state index in [0.29, 0.717) is 23.2 Å². The molecule has 5 rings (SSSR count). The molecule has 0 aliphatic heterocycles. The van der Waals surface area contributed by atoms with E-state index in [9.17, 15) is 0 Å². The number of aromatic nitrogens is 5. The molecule has 4 heterocycles. The number of pyridine rings is 2. The van der Waals surface area contributed by atoms with Crippen LogP contribution in [0.2, 0.25) is 0 Å². The van der Waals surface area contributed by atoms with Crippen molar-refractivity contribution in [3.05, 3.63) is 46.9 Å². The van der Waals surface area contributed by atoms with E-state index in [1.54, 1.807) is 10.8 Å².